The molecule has 1 aromatic rings. The number of hydrogen-bond donors (Lipinski definition) is 0. The van der Waals surface area contributed by atoms with Gasteiger partial charge in [0.05, 0.1) is 17.4 Å². The lowest BCUT2D eigenvalue weighted by Gasteiger charge is -2.31. The maximum atomic E-state index is 12.5. The first-order chi connectivity index (χ1) is 10.9. The molecule has 1 amide bonds. The van der Waals surface area contributed by atoms with Crippen LogP contribution in [0, 0.1) is 16.0 Å². The summed E-state index contributed by atoms with van der Waals surface area (Å²) >= 11 is 5.75. The highest BCUT2D eigenvalue weighted by Crippen LogP contribution is 2.27. The van der Waals surface area contributed by atoms with Crippen LogP contribution >= 0.6 is 11.6 Å². The van der Waals surface area contributed by atoms with Gasteiger partial charge in [0.15, 0.2) is 0 Å². The van der Waals surface area contributed by atoms with Crippen molar-refractivity contribution >= 4 is 29.2 Å². The maximum absolute atomic E-state index is 12.5. The minimum Gasteiger partial charge on any atom is -0.466 e. The van der Waals surface area contributed by atoms with Gasteiger partial charge in [0.25, 0.3) is 11.6 Å². The van der Waals surface area contributed by atoms with E-state index in [9.17, 15) is 19.7 Å². The first kappa shape index (κ1) is 17.2. The van der Waals surface area contributed by atoms with Gasteiger partial charge >= 0.3 is 5.97 Å². The lowest BCUT2D eigenvalue weighted by Crippen LogP contribution is -2.42. The number of benzene rings is 1. The Bertz CT molecular complexity index is 634. The summed E-state index contributed by atoms with van der Waals surface area (Å²) in [6, 6.07) is 3.95. The zero-order valence-corrected chi connectivity index (χ0v) is 13.4. The quantitative estimate of drug-likeness (QED) is 0.477. The number of hydrogen-bond acceptors (Lipinski definition) is 5. The number of piperidine rings is 1. The molecular formula is C15H17ClN2O5. The topological polar surface area (TPSA) is 89.8 Å². The number of carbonyl (C=O) groups excluding carboxylic acids is 2. The van der Waals surface area contributed by atoms with Crippen LogP contribution in [0.4, 0.5) is 5.69 Å². The van der Waals surface area contributed by atoms with Gasteiger partial charge in [0.1, 0.15) is 5.02 Å². The van der Waals surface area contributed by atoms with E-state index in [4.69, 9.17) is 16.3 Å². The monoisotopic (exact) mass is 340 g/mol. The van der Waals surface area contributed by atoms with Crippen molar-refractivity contribution in [1.82, 2.24) is 4.90 Å². The molecule has 0 saturated carbocycles. The molecule has 2 rings (SSSR count). The van der Waals surface area contributed by atoms with E-state index in [1.54, 1.807) is 6.92 Å². The van der Waals surface area contributed by atoms with Crippen LogP contribution in [0.15, 0.2) is 18.2 Å². The van der Waals surface area contributed by atoms with E-state index in [1.165, 1.54) is 23.1 Å². The molecule has 1 unspecified atom stereocenters. The number of halogens is 1. The van der Waals surface area contributed by atoms with Crippen LogP contribution in [0.5, 0.6) is 0 Å². The van der Waals surface area contributed by atoms with E-state index in [0.29, 0.717) is 26.0 Å². The van der Waals surface area contributed by atoms with Crippen molar-refractivity contribution in [2.24, 2.45) is 5.92 Å². The molecule has 124 valence electrons. The van der Waals surface area contributed by atoms with Gasteiger partial charge in [-0.15, -0.1) is 0 Å². The predicted molar refractivity (Wildman–Crippen MR) is 83.4 cm³/mol. The summed E-state index contributed by atoms with van der Waals surface area (Å²) in [6.45, 7) is 2.79. The molecule has 0 aliphatic carbocycles. The number of ether oxygens (including phenoxy) is 1. The molecule has 1 aliphatic heterocycles. The number of rotatable bonds is 4. The van der Waals surface area contributed by atoms with Gasteiger partial charge in [0.2, 0.25) is 0 Å². The van der Waals surface area contributed by atoms with Gasteiger partial charge in [-0.2, -0.15) is 0 Å². The fraction of sp³-hybridized carbons (Fsp3) is 0.467. The molecule has 1 aliphatic rings. The third kappa shape index (κ3) is 3.98. The first-order valence-corrected chi connectivity index (χ1v) is 7.71. The maximum Gasteiger partial charge on any atom is 0.310 e. The molecule has 1 fully saturated rings. The lowest BCUT2D eigenvalue weighted by molar-refractivity contribution is -0.384. The van der Waals surface area contributed by atoms with E-state index in [-0.39, 0.29) is 40.6 Å². The summed E-state index contributed by atoms with van der Waals surface area (Å²) in [5.74, 6) is -1.01. The number of carbonyl (C=O) groups is 2. The average molecular weight is 341 g/mol. The van der Waals surface area contributed by atoms with E-state index in [2.05, 4.69) is 0 Å². The van der Waals surface area contributed by atoms with E-state index in [0.717, 1.165) is 0 Å². The van der Waals surface area contributed by atoms with Crippen LogP contribution in [-0.2, 0) is 9.53 Å². The second-order valence-electron chi connectivity index (χ2n) is 5.27. The molecule has 23 heavy (non-hydrogen) atoms. The van der Waals surface area contributed by atoms with Crippen molar-refractivity contribution in [3.05, 3.63) is 38.9 Å². The van der Waals surface area contributed by atoms with E-state index < -0.39 is 4.92 Å². The fourth-order valence-corrected chi connectivity index (χ4v) is 2.77. The van der Waals surface area contributed by atoms with Crippen LogP contribution in [0.3, 0.4) is 0 Å². The molecule has 1 aromatic carbocycles. The Labute approximate surface area is 138 Å². The molecule has 7 nitrogen and oxygen atoms in total. The van der Waals surface area contributed by atoms with Crippen molar-refractivity contribution in [1.29, 1.82) is 0 Å². The molecule has 1 saturated heterocycles. The van der Waals surface area contributed by atoms with Gasteiger partial charge in [-0.05, 0) is 31.9 Å². The van der Waals surface area contributed by atoms with Crippen molar-refractivity contribution in [2.75, 3.05) is 19.7 Å². The van der Waals surface area contributed by atoms with E-state index in [1.807, 2.05) is 0 Å². The highest BCUT2D eigenvalue weighted by molar-refractivity contribution is 6.32. The first-order valence-electron chi connectivity index (χ1n) is 7.34. The smallest absolute Gasteiger partial charge is 0.310 e. The Morgan fingerprint density at radius 1 is 1.48 bits per heavy atom. The fourth-order valence-electron chi connectivity index (χ4n) is 2.58. The van der Waals surface area contributed by atoms with Crippen LogP contribution in [0.1, 0.15) is 30.1 Å². The molecule has 0 spiro atoms. The average Bonchev–Trinajstić information content (AvgIpc) is 2.54. The number of nitro groups is 1. The highest BCUT2D eigenvalue weighted by atomic mass is 35.5. The van der Waals surface area contributed by atoms with Gasteiger partial charge in [-0.3, -0.25) is 19.7 Å². The Kier molecular flexibility index (Phi) is 5.54. The van der Waals surface area contributed by atoms with Crippen molar-refractivity contribution < 1.29 is 19.2 Å². The highest BCUT2D eigenvalue weighted by Gasteiger charge is 2.30. The van der Waals surface area contributed by atoms with Gasteiger partial charge in [-0.1, -0.05) is 11.6 Å². The molecule has 0 radical (unpaired) electrons. The summed E-state index contributed by atoms with van der Waals surface area (Å²) in [5.41, 5.74) is -0.123. The third-order valence-corrected chi connectivity index (χ3v) is 4.04. The lowest BCUT2D eigenvalue weighted by atomic mass is 9.97. The SMILES string of the molecule is CCOC(=O)C1CCCN(C(=O)c2ccc(Cl)c([N+](=O)[O-])c2)C1. The van der Waals surface area contributed by atoms with Crippen molar-refractivity contribution in [3.8, 4) is 0 Å². The Morgan fingerprint density at radius 3 is 2.87 bits per heavy atom. The van der Waals surface area contributed by atoms with Gasteiger partial charge in [0, 0.05) is 24.7 Å². The summed E-state index contributed by atoms with van der Waals surface area (Å²) in [4.78, 5) is 36.2. The Balaban J connectivity index is 2.15. The number of nitrogens with zero attached hydrogens (tertiary/aromatic N) is 2. The Morgan fingerprint density at radius 2 is 2.22 bits per heavy atom. The van der Waals surface area contributed by atoms with Crippen LogP contribution < -0.4 is 0 Å². The van der Waals surface area contributed by atoms with Crippen molar-refractivity contribution in [3.63, 3.8) is 0 Å². The summed E-state index contributed by atoms with van der Waals surface area (Å²) in [5, 5.41) is 10.9. The molecule has 0 N–H and O–H groups in total. The summed E-state index contributed by atoms with van der Waals surface area (Å²) in [6.07, 6.45) is 1.36. The van der Waals surface area contributed by atoms with Gasteiger partial charge in [-0.25, -0.2) is 0 Å². The number of amides is 1. The molecule has 0 bridgehead atoms. The number of esters is 1. The van der Waals surface area contributed by atoms with E-state index >= 15 is 0 Å². The minimum atomic E-state index is -0.628. The minimum absolute atomic E-state index is 0.0189. The summed E-state index contributed by atoms with van der Waals surface area (Å²) < 4.78 is 5.00. The second kappa shape index (κ2) is 7.41. The molecule has 8 heteroatoms. The van der Waals surface area contributed by atoms with Gasteiger partial charge < -0.3 is 9.64 Å². The molecular weight excluding hydrogens is 324 g/mol. The predicted octanol–water partition coefficient (Wildman–Crippen LogP) is 2.66. The number of nitro benzene ring substituents is 1. The molecule has 1 heterocycles. The van der Waals surface area contributed by atoms with Crippen molar-refractivity contribution in [2.45, 2.75) is 19.8 Å². The number of likely N-dealkylation sites (tertiary alicyclic amines) is 1. The standard InChI is InChI=1S/C15H17ClN2O5/c1-2-23-15(20)11-4-3-7-17(9-11)14(19)10-5-6-12(16)13(8-10)18(21)22/h5-6,8,11H,2-4,7,9H2,1H3. The second-order valence-corrected chi connectivity index (χ2v) is 5.67. The molecule has 0 aromatic heterocycles. The zero-order chi connectivity index (χ0) is 17.0. The van der Waals surface area contributed by atoms with Crippen LogP contribution in [0.2, 0.25) is 5.02 Å². The third-order valence-electron chi connectivity index (χ3n) is 3.72. The summed E-state index contributed by atoms with van der Waals surface area (Å²) in [7, 11) is 0. The largest absolute Gasteiger partial charge is 0.466 e. The van der Waals surface area contributed by atoms with Crippen LogP contribution in [-0.4, -0.2) is 41.4 Å². The zero-order valence-electron chi connectivity index (χ0n) is 12.7. The van der Waals surface area contributed by atoms with Crippen LogP contribution in [0.25, 0.3) is 0 Å². The normalized spacial score (nSPS) is 17.7. The molecule has 1 atom stereocenters. The Hall–Kier alpha value is -2.15.